The zero-order valence-electron chi connectivity index (χ0n) is 16.4. The van der Waals surface area contributed by atoms with Gasteiger partial charge in [-0.15, -0.1) is 0 Å². The van der Waals surface area contributed by atoms with Gasteiger partial charge in [0.2, 0.25) is 0 Å². The number of anilines is 2. The summed E-state index contributed by atoms with van der Waals surface area (Å²) >= 11 is 3.40. The standard InChI is InChI=1S/C24H22BrN3O2/c25-21-12-6-4-10-19(21)23(29)26-22-13-7-5-11-20(22)24(30)28-16-14-27(15-17-28)18-8-2-1-3-9-18/h1-13H,14-17H2,(H,26,29). The predicted molar refractivity (Wildman–Crippen MR) is 123 cm³/mol. The van der Waals surface area contributed by atoms with Crippen LogP contribution in [0.3, 0.4) is 0 Å². The van der Waals surface area contributed by atoms with Crippen molar-refractivity contribution >= 4 is 39.1 Å². The third-order valence-corrected chi connectivity index (χ3v) is 5.90. The Balaban J connectivity index is 1.47. The highest BCUT2D eigenvalue weighted by atomic mass is 79.9. The lowest BCUT2D eigenvalue weighted by Crippen LogP contribution is -2.48. The third-order valence-electron chi connectivity index (χ3n) is 5.21. The van der Waals surface area contributed by atoms with Crippen molar-refractivity contribution in [3.05, 3.63) is 94.5 Å². The van der Waals surface area contributed by atoms with E-state index in [1.165, 1.54) is 5.69 Å². The number of carbonyl (C=O) groups excluding carboxylic acids is 2. The number of nitrogens with zero attached hydrogens (tertiary/aromatic N) is 2. The summed E-state index contributed by atoms with van der Waals surface area (Å²) in [4.78, 5) is 30.0. The number of halogens is 1. The van der Waals surface area contributed by atoms with Crippen molar-refractivity contribution in [2.24, 2.45) is 0 Å². The number of hydrogen-bond donors (Lipinski definition) is 1. The van der Waals surface area contributed by atoms with Gasteiger partial charge in [-0.3, -0.25) is 9.59 Å². The van der Waals surface area contributed by atoms with Crippen LogP contribution in [-0.4, -0.2) is 42.9 Å². The third kappa shape index (κ3) is 4.39. The highest BCUT2D eigenvalue weighted by Crippen LogP contribution is 2.23. The molecule has 2 amide bonds. The molecule has 0 bridgehead atoms. The van der Waals surface area contributed by atoms with Crippen LogP contribution in [-0.2, 0) is 0 Å². The van der Waals surface area contributed by atoms with Gasteiger partial charge in [0.1, 0.15) is 0 Å². The average molecular weight is 464 g/mol. The Morgan fingerprint density at radius 1 is 0.733 bits per heavy atom. The summed E-state index contributed by atoms with van der Waals surface area (Å²) in [5.74, 6) is -0.317. The molecule has 5 nitrogen and oxygen atoms in total. The number of para-hydroxylation sites is 2. The molecule has 6 heteroatoms. The molecular weight excluding hydrogens is 442 g/mol. The Hall–Kier alpha value is -3.12. The van der Waals surface area contributed by atoms with Gasteiger partial charge < -0.3 is 15.1 Å². The molecule has 0 aromatic heterocycles. The van der Waals surface area contributed by atoms with Crippen molar-refractivity contribution in [3.8, 4) is 0 Å². The van der Waals surface area contributed by atoms with E-state index in [0.717, 1.165) is 13.1 Å². The Labute approximate surface area is 184 Å². The molecule has 0 spiro atoms. The number of piperazine rings is 1. The Morgan fingerprint density at radius 2 is 1.33 bits per heavy atom. The highest BCUT2D eigenvalue weighted by molar-refractivity contribution is 9.10. The van der Waals surface area contributed by atoms with E-state index in [2.05, 4.69) is 38.3 Å². The maximum absolute atomic E-state index is 13.2. The SMILES string of the molecule is O=C(Nc1ccccc1C(=O)N1CCN(c2ccccc2)CC1)c1ccccc1Br. The number of nitrogens with one attached hydrogen (secondary N) is 1. The van der Waals surface area contributed by atoms with Gasteiger partial charge in [-0.2, -0.15) is 0 Å². The topological polar surface area (TPSA) is 52.7 Å². The van der Waals surface area contributed by atoms with Crippen molar-refractivity contribution in [1.82, 2.24) is 4.90 Å². The molecule has 3 aromatic carbocycles. The van der Waals surface area contributed by atoms with Gasteiger partial charge in [0.05, 0.1) is 16.8 Å². The second kappa shape index (κ2) is 9.13. The van der Waals surface area contributed by atoms with E-state index >= 15 is 0 Å². The predicted octanol–water partition coefficient (Wildman–Crippen LogP) is 4.66. The molecule has 1 saturated heterocycles. The first kappa shape index (κ1) is 20.2. The number of benzene rings is 3. The number of rotatable bonds is 4. The van der Waals surface area contributed by atoms with Crippen molar-refractivity contribution < 1.29 is 9.59 Å². The van der Waals surface area contributed by atoms with Gasteiger partial charge in [0.25, 0.3) is 11.8 Å². The minimum absolute atomic E-state index is 0.0641. The second-order valence-corrected chi connectivity index (χ2v) is 7.95. The van der Waals surface area contributed by atoms with Crippen LogP contribution in [0.4, 0.5) is 11.4 Å². The molecule has 1 fully saturated rings. The molecule has 30 heavy (non-hydrogen) atoms. The number of hydrogen-bond acceptors (Lipinski definition) is 3. The summed E-state index contributed by atoms with van der Waals surface area (Å²) in [5.41, 5.74) is 2.72. The highest BCUT2D eigenvalue weighted by Gasteiger charge is 2.24. The summed E-state index contributed by atoms with van der Waals surface area (Å²) < 4.78 is 0.711. The van der Waals surface area contributed by atoms with Gasteiger partial charge in [-0.1, -0.05) is 42.5 Å². The van der Waals surface area contributed by atoms with Crippen LogP contribution < -0.4 is 10.2 Å². The van der Waals surface area contributed by atoms with E-state index < -0.39 is 0 Å². The monoisotopic (exact) mass is 463 g/mol. The molecule has 3 aromatic rings. The fourth-order valence-electron chi connectivity index (χ4n) is 3.59. The maximum atomic E-state index is 13.2. The fraction of sp³-hybridized carbons (Fsp3) is 0.167. The normalized spacial score (nSPS) is 13.8. The van der Waals surface area contributed by atoms with Crippen molar-refractivity contribution in [2.45, 2.75) is 0 Å². The molecule has 152 valence electrons. The molecule has 1 aliphatic heterocycles. The lowest BCUT2D eigenvalue weighted by atomic mass is 10.1. The van der Waals surface area contributed by atoms with Gasteiger partial charge in [-0.05, 0) is 52.3 Å². The summed E-state index contributed by atoms with van der Waals surface area (Å²) in [6.45, 7) is 2.84. The summed E-state index contributed by atoms with van der Waals surface area (Å²) in [6.07, 6.45) is 0. The molecule has 0 radical (unpaired) electrons. The van der Waals surface area contributed by atoms with E-state index in [9.17, 15) is 9.59 Å². The van der Waals surface area contributed by atoms with E-state index in [-0.39, 0.29) is 11.8 Å². The van der Waals surface area contributed by atoms with Crippen LogP contribution >= 0.6 is 15.9 Å². The van der Waals surface area contributed by atoms with E-state index in [1.807, 2.05) is 53.4 Å². The zero-order valence-corrected chi connectivity index (χ0v) is 18.0. The Kier molecular flexibility index (Phi) is 6.14. The first-order chi connectivity index (χ1) is 14.6. The molecule has 0 atom stereocenters. The van der Waals surface area contributed by atoms with E-state index in [1.54, 1.807) is 18.2 Å². The van der Waals surface area contributed by atoms with E-state index in [0.29, 0.717) is 34.4 Å². The number of carbonyl (C=O) groups is 2. The van der Waals surface area contributed by atoms with Crippen molar-refractivity contribution in [1.29, 1.82) is 0 Å². The van der Waals surface area contributed by atoms with Crippen LogP contribution in [0, 0.1) is 0 Å². The smallest absolute Gasteiger partial charge is 0.256 e. The number of amides is 2. The quantitative estimate of drug-likeness (QED) is 0.611. The first-order valence-corrected chi connectivity index (χ1v) is 10.7. The lowest BCUT2D eigenvalue weighted by Gasteiger charge is -2.36. The molecular formula is C24H22BrN3O2. The van der Waals surface area contributed by atoms with Crippen LogP contribution in [0.25, 0.3) is 0 Å². The maximum Gasteiger partial charge on any atom is 0.256 e. The molecule has 0 unspecified atom stereocenters. The summed E-state index contributed by atoms with van der Waals surface area (Å²) in [5, 5.41) is 2.90. The average Bonchev–Trinajstić information content (AvgIpc) is 2.80. The lowest BCUT2D eigenvalue weighted by molar-refractivity contribution is 0.0748. The Bertz CT molecular complexity index is 1050. The second-order valence-electron chi connectivity index (χ2n) is 7.09. The van der Waals surface area contributed by atoms with E-state index in [4.69, 9.17) is 0 Å². The van der Waals surface area contributed by atoms with Crippen molar-refractivity contribution in [2.75, 3.05) is 36.4 Å². The molecule has 1 N–H and O–H groups in total. The Morgan fingerprint density at radius 3 is 2.03 bits per heavy atom. The molecule has 4 rings (SSSR count). The molecule has 1 heterocycles. The van der Waals surface area contributed by atoms with Crippen LogP contribution in [0.2, 0.25) is 0 Å². The van der Waals surface area contributed by atoms with Gasteiger partial charge in [0, 0.05) is 36.3 Å². The molecule has 0 aliphatic carbocycles. The summed E-state index contributed by atoms with van der Waals surface area (Å²) in [7, 11) is 0. The van der Waals surface area contributed by atoms with Crippen LogP contribution in [0.15, 0.2) is 83.3 Å². The summed E-state index contributed by atoms with van der Waals surface area (Å²) in [6, 6.07) is 24.6. The van der Waals surface area contributed by atoms with Crippen LogP contribution in [0.5, 0.6) is 0 Å². The molecule has 0 saturated carbocycles. The molecule has 1 aliphatic rings. The van der Waals surface area contributed by atoms with Crippen molar-refractivity contribution in [3.63, 3.8) is 0 Å². The van der Waals surface area contributed by atoms with Gasteiger partial charge in [0.15, 0.2) is 0 Å². The minimum atomic E-state index is -0.253. The van der Waals surface area contributed by atoms with Gasteiger partial charge >= 0.3 is 0 Å². The largest absolute Gasteiger partial charge is 0.368 e. The fourth-order valence-corrected chi connectivity index (χ4v) is 4.06. The van der Waals surface area contributed by atoms with Crippen LogP contribution in [0.1, 0.15) is 20.7 Å². The minimum Gasteiger partial charge on any atom is -0.368 e. The first-order valence-electron chi connectivity index (χ1n) is 9.87. The van der Waals surface area contributed by atoms with Gasteiger partial charge in [-0.25, -0.2) is 0 Å². The zero-order chi connectivity index (χ0) is 20.9.